The molecule has 0 saturated heterocycles. The number of ether oxygens (including phenoxy) is 1. The fourth-order valence-corrected chi connectivity index (χ4v) is 2.61. The molecule has 1 amide bonds. The van der Waals surface area contributed by atoms with Crippen molar-refractivity contribution < 1.29 is 17.9 Å². The van der Waals surface area contributed by atoms with Gasteiger partial charge in [0.2, 0.25) is 10.0 Å². The number of carbonyl (C=O) groups is 1. The van der Waals surface area contributed by atoms with E-state index in [1.54, 1.807) is 31.4 Å². The Kier molecular flexibility index (Phi) is 5.12. The normalized spacial score (nSPS) is 10.9. The van der Waals surface area contributed by atoms with Crippen molar-refractivity contribution in [3.05, 3.63) is 53.1 Å². The van der Waals surface area contributed by atoms with Crippen LogP contribution in [0, 0.1) is 0 Å². The Balaban J connectivity index is 2.22. The second kappa shape index (κ2) is 6.89. The van der Waals surface area contributed by atoms with Crippen molar-refractivity contribution in [3.63, 3.8) is 0 Å². The molecule has 0 bridgehead atoms. The monoisotopic (exact) mass is 354 g/mol. The van der Waals surface area contributed by atoms with Gasteiger partial charge < -0.3 is 10.1 Å². The van der Waals surface area contributed by atoms with Gasteiger partial charge in [-0.3, -0.25) is 9.52 Å². The maximum Gasteiger partial charge on any atom is 0.257 e. The van der Waals surface area contributed by atoms with Crippen molar-refractivity contribution in [2.24, 2.45) is 0 Å². The van der Waals surface area contributed by atoms with Crippen molar-refractivity contribution >= 4 is 38.9 Å². The molecule has 6 nitrogen and oxygen atoms in total. The summed E-state index contributed by atoms with van der Waals surface area (Å²) in [6.45, 7) is 0. The molecule has 23 heavy (non-hydrogen) atoms. The van der Waals surface area contributed by atoms with Gasteiger partial charge in [0.1, 0.15) is 5.75 Å². The predicted octanol–water partition coefficient (Wildman–Crippen LogP) is 2.97. The lowest BCUT2D eigenvalue weighted by Gasteiger charge is -2.10. The molecule has 8 heteroatoms. The molecule has 0 radical (unpaired) electrons. The van der Waals surface area contributed by atoms with Gasteiger partial charge >= 0.3 is 0 Å². The Bertz CT molecular complexity index is 820. The first-order valence-electron chi connectivity index (χ1n) is 6.51. The zero-order valence-electron chi connectivity index (χ0n) is 12.5. The molecule has 0 saturated carbocycles. The lowest BCUT2D eigenvalue weighted by Crippen LogP contribution is -2.14. The van der Waals surface area contributed by atoms with Crippen molar-refractivity contribution in [1.29, 1.82) is 0 Å². The van der Waals surface area contributed by atoms with Crippen molar-refractivity contribution in [3.8, 4) is 5.75 Å². The molecule has 122 valence electrons. The van der Waals surface area contributed by atoms with Crippen LogP contribution in [-0.4, -0.2) is 27.7 Å². The number of anilines is 2. The number of amides is 1. The third-order valence-electron chi connectivity index (χ3n) is 2.86. The highest BCUT2D eigenvalue weighted by molar-refractivity contribution is 7.92. The molecule has 0 spiro atoms. The zero-order valence-corrected chi connectivity index (χ0v) is 14.0. The van der Waals surface area contributed by atoms with E-state index in [4.69, 9.17) is 16.3 Å². The smallest absolute Gasteiger partial charge is 0.257 e. The van der Waals surface area contributed by atoms with Crippen LogP contribution in [0.4, 0.5) is 11.4 Å². The van der Waals surface area contributed by atoms with Gasteiger partial charge in [-0.1, -0.05) is 11.6 Å². The molecule has 0 atom stereocenters. The summed E-state index contributed by atoms with van der Waals surface area (Å²) in [5.41, 5.74) is 0.987. The lowest BCUT2D eigenvalue weighted by molar-refractivity contribution is 0.102. The molecule has 0 unspecified atom stereocenters. The minimum Gasteiger partial charge on any atom is -0.497 e. The molecule has 0 aromatic heterocycles. The average Bonchev–Trinajstić information content (AvgIpc) is 2.48. The fraction of sp³-hybridized carbons (Fsp3) is 0.133. The van der Waals surface area contributed by atoms with Gasteiger partial charge in [0.15, 0.2) is 0 Å². The van der Waals surface area contributed by atoms with E-state index in [1.807, 2.05) is 0 Å². The number of hydrogen-bond donors (Lipinski definition) is 2. The molecular weight excluding hydrogens is 340 g/mol. The number of nitrogens with one attached hydrogen (secondary N) is 2. The van der Waals surface area contributed by atoms with Crippen molar-refractivity contribution in [2.45, 2.75) is 0 Å². The van der Waals surface area contributed by atoms with Crippen LogP contribution < -0.4 is 14.8 Å². The number of hydrogen-bond acceptors (Lipinski definition) is 4. The van der Waals surface area contributed by atoms with E-state index in [9.17, 15) is 13.2 Å². The molecule has 2 N–H and O–H groups in total. The molecular formula is C15H15ClN2O4S. The number of rotatable bonds is 5. The van der Waals surface area contributed by atoms with Crippen LogP contribution in [0.15, 0.2) is 42.5 Å². The average molecular weight is 355 g/mol. The van der Waals surface area contributed by atoms with Gasteiger partial charge in [-0.15, -0.1) is 0 Å². The Hall–Kier alpha value is -2.25. The van der Waals surface area contributed by atoms with E-state index in [0.29, 0.717) is 11.4 Å². The summed E-state index contributed by atoms with van der Waals surface area (Å²) in [4.78, 5) is 12.3. The van der Waals surface area contributed by atoms with Crippen LogP contribution in [0.2, 0.25) is 5.02 Å². The molecule has 0 aliphatic heterocycles. The summed E-state index contributed by atoms with van der Waals surface area (Å²) in [5.74, 6) is 0.220. The van der Waals surface area contributed by atoms with Gasteiger partial charge in [0.05, 0.1) is 24.0 Å². The quantitative estimate of drug-likeness (QED) is 0.864. The van der Waals surface area contributed by atoms with Crippen LogP contribution in [0.25, 0.3) is 0 Å². The van der Waals surface area contributed by atoms with Crippen LogP contribution >= 0.6 is 11.6 Å². The first-order chi connectivity index (χ1) is 10.8. The van der Waals surface area contributed by atoms with E-state index in [2.05, 4.69) is 10.0 Å². The second-order valence-corrected chi connectivity index (χ2v) is 6.91. The summed E-state index contributed by atoms with van der Waals surface area (Å²) >= 11 is 6.02. The molecule has 0 heterocycles. The van der Waals surface area contributed by atoms with Gasteiger partial charge in [-0.05, 0) is 42.5 Å². The van der Waals surface area contributed by atoms with Crippen molar-refractivity contribution in [1.82, 2.24) is 0 Å². The number of carbonyl (C=O) groups excluding carboxylic acids is 1. The summed E-state index contributed by atoms with van der Waals surface area (Å²) in [5, 5.41) is 2.90. The molecule has 2 aromatic rings. The lowest BCUT2D eigenvalue weighted by atomic mass is 10.2. The number of methoxy groups -OCH3 is 1. The van der Waals surface area contributed by atoms with Gasteiger partial charge in [0, 0.05) is 11.4 Å². The molecule has 2 rings (SSSR count). The van der Waals surface area contributed by atoms with Gasteiger partial charge in [0.25, 0.3) is 5.91 Å². The Labute approximate surface area is 139 Å². The first-order valence-corrected chi connectivity index (χ1v) is 8.78. The minimum atomic E-state index is -3.44. The third kappa shape index (κ3) is 4.87. The van der Waals surface area contributed by atoms with Crippen LogP contribution in [0.3, 0.4) is 0 Å². The highest BCUT2D eigenvalue weighted by Crippen LogP contribution is 2.23. The van der Waals surface area contributed by atoms with E-state index in [-0.39, 0.29) is 16.3 Å². The largest absolute Gasteiger partial charge is 0.497 e. The first kappa shape index (κ1) is 17.1. The highest BCUT2D eigenvalue weighted by atomic mass is 35.5. The van der Waals surface area contributed by atoms with Crippen molar-refractivity contribution in [2.75, 3.05) is 23.4 Å². The Morgan fingerprint density at radius 2 is 1.70 bits per heavy atom. The van der Waals surface area contributed by atoms with E-state index >= 15 is 0 Å². The van der Waals surface area contributed by atoms with E-state index in [1.165, 1.54) is 18.2 Å². The molecule has 0 fully saturated rings. The third-order valence-corrected chi connectivity index (χ3v) is 3.80. The summed E-state index contributed by atoms with van der Waals surface area (Å²) in [6, 6.07) is 11.1. The summed E-state index contributed by atoms with van der Waals surface area (Å²) < 4.78 is 29.9. The Morgan fingerprint density at radius 1 is 1.09 bits per heavy atom. The minimum absolute atomic E-state index is 0.163. The maximum atomic E-state index is 12.3. The summed E-state index contributed by atoms with van der Waals surface area (Å²) in [6.07, 6.45) is 1.03. The zero-order chi connectivity index (χ0) is 17.0. The van der Waals surface area contributed by atoms with Crippen LogP contribution in [0.5, 0.6) is 5.75 Å². The van der Waals surface area contributed by atoms with Gasteiger partial charge in [-0.2, -0.15) is 0 Å². The molecule has 0 aliphatic rings. The molecule has 0 aliphatic carbocycles. The number of halogens is 1. The fourth-order valence-electron chi connectivity index (χ4n) is 1.85. The predicted molar refractivity (Wildman–Crippen MR) is 90.9 cm³/mol. The Morgan fingerprint density at radius 3 is 2.26 bits per heavy atom. The topological polar surface area (TPSA) is 84.5 Å². The highest BCUT2D eigenvalue weighted by Gasteiger charge is 2.13. The van der Waals surface area contributed by atoms with Crippen LogP contribution in [-0.2, 0) is 10.0 Å². The maximum absolute atomic E-state index is 12.3. The molecule has 2 aromatic carbocycles. The van der Waals surface area contributed by atoms with Crippen LogP contribution in [0.1, 0.15) is 10.4 Å². The van der Waals surface area contributed by atoms with E-state index < -0.39 is 15.9 Å². The van der Waals surface area contributed by atoms with Gasteiger partial charge in [-0.25, -0.2) is 8.42 Å². The SMILES string of the molecule is COc1ccc(NC(=O)c2cc(NS(C)(=O)=O)ccc2Cl)cc1. The number of benzene rings is 2. The second-order valence-electron chi connectivity index (χ2n) is 4.75. The summed E-state index contributed by atoms with van der Waals surface area (Å²) in [7, 11) is -1.89. The number of sulfonamides is 1. The van der Waals surface area contributed by atoms with E-state index in [0.717, 1.165) is 6.26 Å². The standard InChI is InChI=1S/C15H15ClN2O4S/c1-22-12-6-3-10(4-7-12)17-15(19)13-9-11(5-8-14(13)16)18-23(2,20)21/h3-9,18H,1-2H3,(H,17,19).